The summed E-state index contributed by atoms with van der Waals surface area (Å²) in [5, 5.41) is 0. The van der Waals surface area contributed by atoms with Crippen molar-refractivity contribution in [1.29, 1.82) is 0 Å². The third-order valence-corrected chi connectivity index (χ3v) is 5.55. The highest BCUT2D eigenvalue weighted by Gasteiger charge is 2.55. The highest BCUT2D eigenvalue weighted by Crippen LogP contribution is 2.50. The highest BCUT2D eigenvalue weighted by atomic mass is 15.0. The van der Waals surface area contributed by atoms with Gasteiger partial charge in [-0.2, -0.15) is 0 Å². The van der Waals surface area contributed by atoms with E-state index in [0.717, 1.165) is 32.1 Å². The maximum atomic E-state index is 6.91. The summed E-state index contributed by atoms with van der Waals surface area (Å²) in [6.45, 7) is 6.67. The minimum atomic E-state index is -0.306. The molecular formula is C17H30N2. The molecule has 2 rings (SSSR count). The van der Waals surface area contributed by atoms with Crippen LogP contribution in [0.1, 0.15) is 65.7 Å². The average molecular weight is 262 g/mol. The lowest BCUT2D eigenvalue weighted by Crippen LogP contribution is -2.72. The van der Waals surface area contributed by atoms with Crippen molar-refractivity contribution in [3.8, 4) is 0 Å². The van der Waals surface area contributed by atoms with Crippen molar-refractivity contribution in [2.75, 3.05) is 0 Å². The summed E-state index contributed by atoms with van der Waals surface area (Å²) in [6.07, 6.45) is 12.4. The number of nitrogens with two attached hydrogens (primary N) is 2. The molecule has 2 aliphatic carbocycles. The maximum absolute atomic E-state index is 6.91. The molecule has 0 aliphatic heterocycles. The average Bonchev–Trinajstić information content (AvgIpc) is 2.39. The van der Waals surface area contributed by atoms with E-state index in [2.05, 4.69) is 32.9 Å². The van der Waals surface area contributed by atoms with E-state index in [0.29, 0.717) is 5.92 Å². The van der Waals surface area contributed by atoms with E-state index < -0.39 is 0 Å². The van der Waals surface area contributed by atoms with Gasteiger partial charge in [0.1, 0.15) is 0 Å². The summed E-state index contributed by atoms with van der Waals surface area (Å²) < 4.78 is 0. The van der Waals surface area contributed by atoms with Crippen molar-refractivity contribution < 1.29 is 0 Å². The van der Waals surface area contributed by atoms with Crippen LogP contribution < -0.4 is 11.5 Å². The molecule has 0 aromatic carbocycles. The standard InChI is InChI=1S/C17H30N2/c1-4-6-9-15-13(3)10-12-16(18)14(5-2)8-7-11-17(15,16)19/h6,9,14H,4-5,7-8,10-12,18-19H2,1-3H3/b9-6-/t14-,16-,17-/m0/s1. The Balaban J connectivity index is 2.46. The summed E-state index contributed by atoms with van der Waals surface area (Å²) in [7, 11) is 0. The van der Waals surface area contributed by atoms with E-state index in [1.807, 2.05) is 0 Å². The summed E-state index contributed by atoms with van der Waals surface area (Å²) in [6, 6.07) is 0. The van der Waals surface area contributed by atoms with Gasteiger partial charge in [0.25, 0.3) is 0 Å². The van der Waals surface area contributed by atoms with Gasteiger partial charge in [-0.25, -0.2) is 0 Å². The molecule has 0 heterocycles. The van der Waals surface area contributed by atoms with Gasteiger partial charge in [-0.05, 0) is 50.5 Å². The summed E-state index contributed by atoms with van der Waals surface area (Å²) in [5.74, 6) is 0.573. The Morgan fingerprint density at radius 2 is 2.00 bits per heavy atom. The first-order valence-corrected chi connectivity index (χ1v) is 7.94. The minimum Gasteiger partial charge on any atom is -0.323 e. The predicted molar refractivity (Wildman–Crippen MR) is 82.8 cm³/mol. The summed E-state index contributed by atoms with van der Waals surface area (Å²) in [5.41, 5.74) is 16.1. The van der Waals surface area contributed by atoms with Crippen LogP contribution in [0.3, 0.4) is 0 Å². The number of allylic oxidation sites excluding steroid dienone is 2. The van der Waals surface area contributed by atoms with Crippen LogP contribution in [0.15, 0.2) is 23.3 Å². The van der Waals surface area contributed by atoms with E-state index in [1.165, 1.54) is 24.0 Å². The van der Waals surface area contributed by atoms with Crippen LogP contribution in [-0.2, 0) is 0 Å². The van der Waals surface area contributed by atoms with Crippen molar-refractivity contribution in [2.24, 2.45) is 17.4 Å². The molecule has 0 spiro atoms. The van der Waals surface area contributed by atoms with Crippen molar-refractivity contribution in [2.45, 2.75) is 76.8 Å². The molecule has 0 aromatic rings. The number of fused-ring (bicyclic) bond motifs is 1. The highest BCUT2D eigenvalue weighted by molar-refractivity contribution is 5.43. The Labute approximate surface area is 118 Å². The van der Waals surface area contributed by atoms with Crippen molar-refractivity contribution in [3.05, 3.63) is 23.3 Å². The Kier molecular flexibility index (Phi) is 4.22. The molecule has 3 atom stereocenters. The first-order chi connectivity index (χ1) is 8.99. The summed E-state index contributed by atoms with van der Waals surface area (Å²) >= 11 is 0. The SMILES string of the molecule is CC/C=C\C1=C(C)CC[C@]2(N)[C@@H](CC)CCC[C@]12N. The van der Waals surface area contributed by atoms with Gasteiger partial charge in [0.15, 0.2) is 0 Å². The zero-order valence-electron chi connectivity index (χ0n) is 12.8. The molecule has 1 fully saturated rings. The topological polar surface area (TPSA) is 52.0 Å². The van der Waals surface area contributed by atoms with E-state index in [4.69, 9.17) is 11.5 Å². The van der Waals surface area contributed by atoms with Crippen LogP contribution in [-0.4, -0.2) is 11.1 Å². The van der Waals surface area contributed by atoms with Gasteiger partial charge in [0.2, 0.25) is 0 Å². The van der Waals surface area contributed by atoms with Gasteiger partial charge in [-0.3, -0.25) is 0 Å². The van der Waals surface area contributed by atoms with Gasteiger partial charge < -0.3 is 11.5 Å². The molecule has 0 bridgehead atoms. The second kappa shape index (κ2) is 5.41. The first-order valence-electron chi connectivity index (χ1n) is 7.94. The zero-order chi connectivity index (χ0) is 14.1. The van der Waals surface area contributed by atoms with Gasteiger partial charge >= 0.3 is 0 Å². The molecule has 2 aliphatic rings. The molecule has 0 aromatic heterocycles. The smallest absolute Gasteiger partial charge is 0.0594 e. The lowest BCUT2D eigenvalue weighted by molar-refractivity contribution is 0.0853. The molecule has 1 saturated carbocycles. The fraction of sp³-hybridized carbons (Fsp3) is 0.765. The fourth-order valence-corrected chi connectivity index (χ4v) is 4.30. The molecule has 108 valence electrons. The quantitative estimate of drug-likeness (QED) is 0.815. The van der Waals surface area contributed by atoms with Crippen molar-refractivity contribution in [3.63, 3.8) is 0 Å². The number of hydrogen-bond acceptors (Lipinski definition) is 2. The van der Waals surface area contributed by atoms with Gasteiger partial charge in [-0.15, -0.1) is 0 Å². The van der Waals surface area contributed by atoms with Gasteiger partial charge in [0.05, 0.1) is 5.54 Å². The minimum absolute atomic E-state index is 0.201. The molecule has 19 heavy (non-hydrogen) atoms. The van der Waals surface area contributed by atoms with Crippen LogP contribution in [0.25, 0.3) is 0 Å². The fourth-order valence-electron chi connectivity index (χ4n) is 4.30. The van der Waals surface area contributed by atoms with Crippen molar-refractivity contribution >= 4 is 0 Å². The number of rotatable bonds is 3. The maximum Gasteiger partial charge on any atom is 0.0594 e. The second-order valence-corrected chi connectivity index (χ2v) is 6.51. The second-order valence-electron chi connectivity index (χ2n) is 6.51. The molecule has 0 saturated heterocycles. The first kappa shape index (κ1) is 14.8. The Morgan fingerprint density at radius 1 is 1.26 bits per heavy atom. The third kappa shape index (κ3) is 2.19. The van der Waals surface area contributed by atoms with Crippen molar-refractivity contribution in [1.82, 2.24) is 0 Å². The van der Waals surface area contributed by atoms with Crippen LogP contribution in [0, 0.1) is 5.92 Å². The largest absolute Gasteiger partial charge is 0.323 e. The predicted octanol–water partition coefficient (Wildman–Crippen LogP) is 3.67. The van der Waals surface area contributed by atoms with Crippen LogP contribution in [0.5, 0.6) is 0 Å². The molecule has 0 unspecified atom stereocenters. The molecule has 0 radical (unpaired) electrons. The Morgan fingerprint density at radius 3 is 2.63 bits per heavy atom. The zero-order valence-corrected chi connectivity index (χ0v) is 12.8. The van der Waals surface area contributed by atoms with E-state index in [9.17, 15) is 0 Å². The lowest BCUT2D eigenvalue weighted by atomic mass is 9.54. The van der Waals surface area contributed by atoms with E-state index >= 15 is 0 Å². The third-order valence-electron chi connectivity index (χ3n) is 5.55. The molecular weight excluding hydrogens is 232 g/mol. The monoisotopic (exact) mass is 262 g/mol. The van der Waals surface area contributed by atoms with Gasteiger partial charge in [0, 0.05) is 5.54 Å². The van der Waals surface area contributed by atoms with Crippen LogP contribution in [0.4, 0.5) is 0 Å². The summed E-state index contributed by atoms with van der Waals surface area (Å²) in [4.78, 5) is 0. The van der Waals surface area contributed by atoms with Gasteiger partial charge in [-0.1, -0.05) is 44.4 Å². The number of hydrogen-bond donors (Lipinski definition) is 2. The molecule has 2 heteroatoms. The Hall–Kier alpha value is -0.600. The molecule has 4 N–H and O–H groups in total. The molecule has 2 nitrogen and oxygen atoms in total. The van der Waals surface area contributed by atoms with Crippen LogP contribution >= 0.6 is 0 Å². The van der Waals surface area contributed by atoms with E-state index in [1.54, 1.807) is 0 Å². The van der Waals surface area contributed by atoms with Crippen LogP contribution in [0.2, 0.25) is 0 Å². The normalized spacial score (nSPS) is 39.7. The molecule has 0 amide bonds. The lowest BCUT2D eigenvalue weighted by Gasteiger charge is -2.57. The van der Waals surface area contributed by atoms with E-state index in [-0.39, 0.29) is 11.1 Å². The Bertz CT molecular complexity index is 396.